The number of carbonyl (C=O) groups excluding carboxylic acids is 2. The number of Topliss-reactive ketones (excluding diaryl/α,β-unsaturated/α-hetero) is 1. The van der Waals surface area contributed by atoms with Crippen LogP contribution in [0.2, 0.25) is 0 Å². The highest BCUT2D eigenvalue weighted by atomic mass is 19.4. The average Bonchev–Trinajstić information content (AvgIpc) is 2.90. The molecule has 1 fully saturated rings. The molecular weight excluding hydrogens is 297 g/mol. The Morgan fingerprint density at radius 1 is 1.36 bits per heavy atom. The van der Waals surface area contributed by atoms with Crippen molar-refractivity contribution in [3.8, 4) is 0 Å². The number of carbonyl (C=O) groups is 2. The molecule has 1 aliphatic rings. The first-order valence-corrected chi connectivity index (χ1v) is 7.09. The number of methoxy groups -OCH3 is 1. The average molecular weight is 314 g/mol. The Labute approximate surface area is 126 Å². The molecule has 0 N–H and O–H groups in total. The lowest BCUT2D eigenvalue weighted by Crippen LogP contribution is -2.12. The second kappa shape index (κ2) is 6.50. The van der Waals surface area contributed by atoms with Crippen LogP contribution in [0.3, 0.4) is 0 Å². The molecule has 0 spiro atoms. The van der Waals surface area contributed by atoms with Crippen LogP contribution in [0.4, 0.5) is 13.2 Å². The van der Waals surface area contributed by atoms with Crippen molar-refractivity contribution in [3.63, 3.8) is 0 Å². The zero-order valence-corrected chi connectivity index (χ0v) is 12.2. The van der Waals surface area contributed by atoms with Gasteiger partial charge in [-0.25, -0.2) is 0 Å². The Bertz CT molecular complexity index is 578. The van der Waals surface area contributed by atoms with E-state index in [0.717, 1.165) is 6.07 Å². The summed E-state index contributed by atoms with van der Waals surface area (Å²) in [5, 5.41) is 0. The van der Waals surface area contributed by atoms with Crippen LogP contribution < -0.4 is 0 Å². The van der Waals surface area contributed by atoms with E-state index >= 15 is 0 Å². The van der Waals surface area contributed by atoms with Gasteiger partial charge in [0.15, 0.2) is 0 Å². The van der Waals surface area contributed by atoms with E-state index in [4.69, 9.17) is 0 Å². The number of rotatable bonds is 4. The van der Waals surface area contributed by atoms with Crippen LogP contribution in [0.5, 0.6) is 0 Å². The molecule has 1 saturated carbocycles. The Morgan fingerprint density at radius 3 is 2.64 bits per heavy atom. The maximum atomic E-state index is 13.2. The van der Waals surface area contributed by atoms with Crippen LogP contribution in [-0.4, -0.2) is 18.9 Å². The highest BCUT2D eigenvalue weighted by molar-refractivity contribution is 5.81. The van der Waals surface area contributed by atoms with Crippen molar-refractivity contribution in [1.29, 1.82) is 0 Å². The Balaban J connectivity index is 2.26. The molecule has 2 rings (SSSR count). The van der Waals surface area contributed by atoms with Gasteiger partial charge in [-0.1, -0.05) is 12.1 Å². The highest BCUT2D eigenvalue weighted by Gasteiger charge is 2.34. The molecule has 22 heavy (non-hydrogen) atoms. The normalized spacial score (nSPS) is 18.5. The van der Waals surface area contributed by atoms with E-state index in [2.05, 4.69) is 4.74 Å². The van der Waals surface area contributed by atoms with Crippen LogP contribution >= 0.6 is 0 Å². The van der Waals surface area contributed by atoms with Crippen LogP contribution in [0.25, 0.3) is 0 Å². The minimum absolute atomic E-state index is 0.0224. The van der Waals surface area contributed by atoms with Crippen molar-refractivity contribution < 1.29 is 27.5 Å². The predicted octanol–water partition coefficient (Wildman–Crippen LogP) is 3.65. The molecule has 1 aliphatic carbocycles. The molecule has 0 bridgehead atoms. The van der Waals surface area contributed by atoms with Crippen LogP contribution in [0.1, 0.15) is 48.3 Å². The van der Waals surface area contributed by atoms with Crippen molar-refractivity contribution in [3.05, 3.63) is 34.9 Å². The number of aryl methyl sites for hydroxylation is 1. The third-order valence-electron chi connectivity index (χ3n) is 3.98. The van der Waals surface area contributed by atoms with Crippen molar-refractivity contribution in [2.45, 2.75) is 44.2 Å². The molecule has 0 saturated heterocycles. The lowest BCUT2D eigenvalue weighted by molar-refractivity contribution is -0.142. The van der Waals surface area contributed by atoms with E-state index in [9.17, 15) is 22.8 Å². The van der Waals surface area contributed by atoms with Crippen molar-refractivity contribution in [2.75, 3.05) is 7.11 Å². The second-order valence-electron chi connectivity index (χ2n) is 5.47. The summed E-state index contributed by atoms with van der Waals surface area (Å²) in [6.07, 6.45) is -3.27. The standard InChI is InChI=1S/C16H17F3O3/c1-22-15(21)7-5-10-2-3-12(9-14(10)16(17,18)19)11-4-6-13(20)8-11/h2-3,9,11H,4-8H2,1H3. The molecule has 120 valence electrons. The van der Waals surface area contributed by atoms with Crippen LogP contribution in [-0.2, 0) is 26.9 Å². The zero-order valence-electron chi connectivity index (χ0n) is 12.2. The molecule has 0 amide bonds. The Morgan fingerprint density at radius 2 is 2.09 bits per heavy atom. The SMILES string of the molecule is COC(=O)CCc1ccc(C2CCC(=O)C2)cc1C(F)(F)F. The molecule has 1 aromatic carbocycles. The summed E-state index contributed by atoms with van der Waals surface area (Å²) >= 11 is 0. The monoisotopic (exact) mass is 314 g/mol. The zero-order chi connectivity index (χ0) is 16.3. The van der Waals surface area contributed by atoms with E-state index < -0.39 is 17.7 Å². The molecule has 0 heterocycles. The van der Waals surface area contributed by atoms with Gasteiger partial charge in [0.2, 0.25) is 0 Å². The molecular formula is C16H17F3O3. The first-order chi connectivity index (χ1) is 10.3. The first kappa shape index (κ1) is 16.5. The fourth-order valence-electron chi connectivity index (χ4n) is 2.77. The van der Waals surface area contributed by atoms with Gasteiger partial charge in [0.1, 0.15) is 5.78 Å². The number of hydrogen-bond donors (Lipinski definition) is 0. The summed E-state index contributed by atoms with van der Waals surface area (Å²) in [6.45, 7) is 0. The summed E-state index contributed by atoms with van der Waals surface area (Å²) in [5.74, 6) is -0.588. The van der Waals surface area contributed by atoms with E-state index in [1.807, 2.05) is 0 Å². The molecule has 1 aromatic rings. The molecule has 6 heteroatoms. The number of benzene rings is 1. The Kier molecular flexibility index (Phi) is 4.88. The molecule has 1 atom stereocenters. The number of esters is 1. The van der Waals surface area contributed by atoms with Gasteiger partial charge in [0.25, 0.3) is 0 Å². The number of hydrogen-bond acceptors (Lipinski definition) is 3. The minimum atomic E-state index is -4.48. The fourth-order valence-corrected chi connectivity index (χ4v) is 2.77. The number of halogens is 3. The van der Waals surface area contributed by atoms with Gasteiger partial charge in [-0.3, -0.25) is 9.59 Å². The van der Waals surface area contributed by atoms with E-state index in [0.29, 0.717) is 24.8 Å². The third-order valence-corrected chi connectivity index (χ3v) is 3.98. The smallest absolute Gasteiger partial charge is 0.416 e. The largest absolute Gasteiger partial charge is 0.469 e. The molecule has 0 aliphatic heterocycles. The molecule has 0 aromatic heterocycles. The predicted molar refractivity (Wildman–Crippen MR) is 73.4 cm³/mol. The van der Waals surface area contributed by atoms with Crippen LogP contribution in [0.15, 0.2) is 18.2 Å². The lowest BCUT2D eigenvalue weighted by atomic mass is 9.92. The van der Waals surface area contributed by atoms with Gasteiger partial charge in [-0.05, 0) is 36.0 Å². The quantitative estimate of drug-likeness (QED) is 0.797. The van der Waals surface area contributed by atoms with E-state index in [1.165, 1.54) is 13.2 Å². The third kappa shape index (κ3) is 3.87. The second-order valence-corrected chi connectivity index (χ2v) is 5.47. The summed E-state index contributed by atoms with van der Waals surface area (Å²) in [5.41, 5.74) is -0.112. The maximum Gasteiger partial charge on any atom is 0.416 e. The Hall–Kier alpha value is -1.85. The summed E-state index contributed by atoms with van der Waals surface area (Å²) in [6, 6.07) is 4.16. The summed E-state index contributed by atoms with van der Waals surface area (Å²) in [4.78, 5) is 22.4. The van der Waals surface area contributed by atoms with Gasteiger partial charge in [-0.2, -0.15) is 13.2 Å². The van der Waals surface area contributed by atoms with Gasteiger partial charge >= 0.3 is 12.1 Å². The van der Waals surface area contributed by atoms with Crippen LogP contribution in [0, 0.1) is 0 Å². The topological polar surface area (TPSA) is 43.4 Å². The van der Waals surface area contributed by atoms with Gasteiger partial charge < -0.3 is 4.74 Å². The van der Waals surface area contributed by atoms with Gasteiger partial charge in [-0.15, -0.1) is 0 Å². The van der Waals surface area contributed by atoms with Gasteiger partial charge in [0.05, 0.1) is 12.7 Å². The lowest BCUT2D eigenvalue weighted by Gasteiger charge is -2.16. The van der Waals surface area contributed by atoms with E-state index in [1.54, 1.807) is 6.07 Å². The van der Waals surface area contributed by atoms with Crippen molar-refractivity contribution >= 4 is 11.8 Å². The number of alkyl halides is 3. The molecule has 3 nitrogen and oxygen atoms in total. The first-order valence-electron chi connectivity index (χ1n) is 7.09. The fraction of sp³-hybridized carbons (Fsp3) is 0.500. The molecule has 0 radical (unpaired) electrons. The molecule has 1 unspecified atom stereocenters. The van der Waals surface area contributed by atoms with Gasteiger partial charge in [0, 0.05) is 19.3 Å². The van der Waals surface area contributed by atoms with E-state index in [-0.39, 0.29) is 30.1 Å². The van der Waals surface area contributed by atoms with Crippen molar-refractivity contribution in [1.82, 2.24) is 0 Å². The van der Waals surface area contributed by atoms with Crippen molar-refractivity contribution in [2.24, 2.45) is 0 Å². The maximum absolute atomic E-state index is 13.2. The summed E-state index contributed by atoms with van der Waals surface area (Å²) < 4.78 is 44.1. The number of ketones is 1. The highest BCUT2D eigenvalue weighted by Crippen LogP contribution is 2.38. The number of ether oxygens (including phenoxy) is 1. The minimum Gasteiger partial charge on any atom is -0.469 e. The summed E-state index contributed by atoms with van der Waals surface area (Å²) in [7, 11) is 1.20.